The zero-order chi connectivity index (χ0) is 17.1. The van der Waals surface area contributed by atoms with Crippen LogP contribution < -0.4 is 4.74 Å². The molecule has 0 aromatic heterocycles. The van der Waals surface area contributed by atoms with Gasteiger partial charge in [-0.15, -0.1) is 0 Å². The average Bonchev–Trinajstić information content (AvgIpc) is 2.97. The van der Waals surface area contributed by atoms with Crippen LogP contribution in [-0.4, -0.2) is 36.3 Å². The van der Waals surface area contributed by atoms with Crippen molar-refractivity contribution in [3.8, 4) is 5.75 Å². The van der Waals surface area contributed by atoms with Crippen molar-refractivity contribution < 1.29 is 13.9 Å². The molecular formula is C21H24FNO2. The Balaban J connectivity index is 1.37. The van der Waals surface area contributed by atoms with Gasteiger partial charge in [0.1, 0.15) is 17.7 Å². The van der Waals surface area contributed by atoms with Crippen molar-refractivity contribution in [3.05, 3.63) is 66.0 Å². The van der Waals surface area contributed by atoms with Crippen molar-refractivity contribution in [2.45, 2.75) is 37.5 Å². The first kappa shape index (κ1) is 16.6. The number of rotatable bonds is 4. The second kappa shape index (κ2) is 7.14. The van der Waals surface area contributed by atoms with Gasteiger partial charge in [-0.25, -0.2) is 4.39 Å². The molecule has 132 valence electrons. The molecular weight excluding hydrogens is 317 g/mol. The molecule has 2 aliphatic heterocycles. The van der Waals surface area contributed by atoms with Crippen molar-refractivity contribution in [2.24, 2.45) is 0 Å². The third-order valence-corrected chi connectivity index (χ3v) is 5.13. The van der Waals surface area contributed by atoms with Gasteiger partial charge >= 0.3 is 0 Å². The van der Waals surface area contributed by atoms with Crippen molar-refractivity contribution >= 4 is 0 Å². The third-order valence-electron chi connectivity index (χ3n) is 5.13. The van der Waals surface area contributed by atoms with Crippen LogP contribution in [0.3, 0.4) is 0 Å². The summed E-state index contributed by atoms with van der Waals surface area (Å²) in [5.74, 6) is 0.734. The fourth-order valence-corrected chi connectivity index (χ4v) is 4.07. The summed E-state index contributed by atoms with van der Waals surface area (Å²) in [5.41, 5.74) is 0.900. The minimum atomic E-state index is -0.169. The van der Waals surface area contributed by atoms with E-state index in [1.54, 1.807) is 12.1 Å². The van der Waals surface area contributed by atoms with E-state index >= 15 is 0 Å². The molecule has 2 aromatic rings. The van der Waals surface area contributed by atoms with Gasteiger partial charge < -0.3 is 9.47 Å². The number of likely N-dealkylation sites (tertiary alicyclic amines) is 1. The SMILES string of the molecule is Fc1cccc(CN2CCCC3(CC(Oc4ccccc4)CO3)C2)c1. The van der Waals surface area contributed by atoms with Crippen LogP contribution in [0.25, 0.3) is 0 Å². The van der Waals surface area contributed by atoms with E-state index in [1.165, 1.54) is 6.07 Å². The minimum Gasteiger partial charge on any atom is -0.488 e. The molecule has 2 atom stereocenters. The first-order valence-electron chi connectivity index (χ1n) is 9.03. The van der Waals surface area contributed by atoms with Gasteiger partial charge in [0.05, 0.1) is 12.2 Å². The Labute approximate surface area is 148 Å². The lowest BCUT2D eigenvalue weighted by Crippen LogP contribution is -2.47. The standard InChI is InChI=1S/C21H24FNO2/c22-18-7-4-6-17(12-18)14-23-11-5-10-21(16-23)13-20(15-24-21)25-19-8-2-1-3-9-19/h1-4,6-9,12,20H,5,10-11,13-16H2. The van der Waals surface area contributed by atoms with Crippen molar-refractivity contribution in [1.82, 2.24) is 4.90 Å². The molecule has 2 fully saturated rings. The first-order chi connectivity index (χ1) is 12.2. The van der Waals surface area contributed by atoms with Crippen molar-refractivity contribution in [2.75, 3.05) is 19.7 Å². The van der Waals surface area contributed by atoms with Crippen LogP contribution in [0.2, 0.25) is 0 Å². The largest absolute Gasteiger partial charge is 0.488 e. The number of hydrogen-bond donors (Lipinski definition) is 0. The van der Waals surface area contributed by atoms with E-state index < -0.39 is 0 Å². The number of nitrogens with zero attached hydrogens (tertiary/aromatic N) is 1. The molecule has 0 amide bonds. The topological polar surface area (TPSA) is 21.7 Å². The maximum atomic E-state index is 13.4. The van der Waals surface area contributed by atoms with Crippen LogP contribution in [-0.2, 0) is 11.3 Å². The summed E-state index contributed by atoms with van der Waals surface area (Å²) in [6.07, 6.45) is 3.20. The summed E-state index contributed by atoms with van der Waals surface area (Å²) in [5, 5.41) is 0. The molecule has 0 saturated carbocycles. The first-order valence-corrected chi connectivity index (χ1v) is 9.03. The predicted molar refractivity (Wildman–Crippen MR) is 95.1 cm³/mol. The lowest BCUT2D eigenvalue weighted by Gasteiger charge is -2.39. The Hall–Kier alpha value is -1.91. The Kier molecular flexibility index (Phi) is 4.73. The van der Waals surface area contributed by atoms with Crippen LogP contribution >= 0.6 is 0 Å². The van der Waals surface area contributed by atoms with Gasteiger partial charge in [0.15, 0.2) is 0 Å². The smallest absolute Gasteiger partial charge is 0.125 e. The number of piperidine rings is 1. The van der Waals surface area contributed by atoms with Crippen molar-refractivity contribution in [3.63, 3.8) is 0 Å². The fraction of sp³-hybridized carbons (Fsp3) is 0.429. The highest BCUT2D eigenvalue weighted by Crippen LogP contribution is 2.36. The Morgan fingerprint density at radius 2 is 2.04 bits per heavy atom. The zero-order valence-corrected chi connectivity index (χ0v) is 14.4. The lowest BCUT2D eigenvalue weighted by molar-refractivity contribution is -0.0538. The second-order valence-corrected chi connectivity index (χ2v) is 7.20. The molecule has 25 heavy (non-hydrogen) atoms. The van der Waals surface area contributed by atoms with E-state index in [0.29, 0.717) is 6.61 Å². The summed E-state index contributed by atoms with van der Waals surface area (Å²) >= 11 is 0. The molecule has 2 saturated heterocycles. The highest BCUT2D eigenvalue weighted by atomic mass is 19.1. The van der Waals surface area contributed by atoms with Gasteiger partial charge in [-0.1, -0.05) is 30.3 Å². The molecule has 2 aromatic carbocycles. The van der Waals surface area contributed by atoms with E-state index in [2.05, 4.69) is 4.90 Å². The molecule has 1 spiro atoms. The normalized spacial score (nSPS) is 26.8. The molecule has 0 aliphatic carbocycles. The summed E-state index contributed by atoms with van der Waals surface area (Å²) in [4.78, 5) is 2.38. The maximum Gasteiger partial charge on any atom is 0.125 e. The fourth-order valence-electron chi connectivity index (χ4n) is 4.07. The van der Waals surface area contributed by atoms with E-state index in [4.69, 9.17) is 9.47 Å². The molecule has 4 heteroatoms. The average molecular weight is 341 g/mol. The number of halogens is 1. The van der Waals surface area contributed by atoms with Crippen LogP contribution in [0, 0.1) is 5.82 Å². The van der Waals surface area contributed by atoms with E-state index in [0.717, 1.165) is 50.2 Å². The maximum absolute atomic E-state index is 13.4. The van der Waals surface area contributed by atoms with Gasteiger partial charge in [-0.3, -0.25) is 4.90 Å². The third kappa shape index (κ3) is 4.02. The van der Waals surface area contributed by atoms with Gasteiger partial charge in [0, 0.05) is 19.5 Å². The highest BCUT2D eigenvalue weighted by molar-refractivity contribution is 5.21. The van der Waals surface area contributed by atoms with E-state index in [-0.39, 0.29) is 17.5 Å². The van der Waals surface area contributed by atoms with Crippen LogP contribution in [0.4, 0.5) is 4.39 Å². The molecule has 2 unspecified atom stereocenters. The Morgan fingerprint density at radius 3 is 2.88 bits per heavy atom. The van der Waals surface area contributed by atoms with E-state index in [9.17, 15) is 4.39 Å². The molecule has 4 rings (SSSR count). The summed E-state index contributed by atoms with van der Waals surface area (Å²) in [6.45, 7) is 3.33. The summed E-state index contributed by atoms with van der Waals surface area (Å²) < 4.78 is 25.7. The van der Waals surface area contributed by atoms with Gasteiger partial charge in [-0.2, -0.15) is 0 Å². The predicted octanol–water partition coefficient (Wildman–Crippen LogP) is 4.03. The quantitative estimate of drug-likeness (QED) is 0.838. The number of hydrogen-bond acceptors (Lipinski definition) is 3. The number of benzene rings is 2. The summed E-state index contributed by atoms with van der Waals surface area (Å²) in [7, 11) is 0. The number of para-hydroxylation sites is 1. The van der Waals surface area contributed by atoms with Gasteiger partial charge in [-0.05, 0) is 49.2 Å². The van der Waals surface area contributed by atoms with Crippen molar-refractivity contribution in [1.29, 1.82) is 0 Å². The molecule has 0 bridgehead atoms. The van der Waals surface area contributed by atoms with Gasteiger partial charge in [0.25, 0.3) is 0 Å². The highest BCUT2D eigenvalue weighted by Gasteiger charge is 2.44. The van der Waals surface area contributed by atoms with Gasteiger partial charge in [0.2, 0.25) is 0 Å². The summed E-state index contributed by atoms with van der Waals surface area (Å²) in [6, 6.07) is 16.8. The molecule has 2 heterocycles. The minimum absolute atomic E-state index is 0.108. The molecule has 3 nitrogen and oxygen atoms in total. The number of ether oxygens (including phenoxy) is 2. The monoisotopic (exact) mass is 341 g/mol. The molecule has 2 aliphatic rings. The van der Waals surface area contributed by atoms with Crippen LogP contribution in [0.5, 0.6) is 5.75 Å². The lowest BCUT2D eigenvalue weighted by atomic mass is 9.89. The van der Waals surface area contributed by atoms with Crippen LogP contribution in [0.15, 0.2) is 54.6 Å². The molecule has 0 N–H and O–H groups in total. The zero-order valence-electron chi connectivity index (χ0n) is 14.4. The molecule has 0 radical (unpaired) electrons. The second-order valence-electron chi connectivity index (χ2n) is 7.20. The van der Waals surface area contributed by atoms with E-state index in [1.807, 2.05) is 36.4 Å². The van der Waals surface area contributed by atoms with Crippen LogP contribution in [0.1, 0.15) is 24.8 Å². The Bertz CT molecular complexity index is 708. The Morgan fingerprint density at radius 1 is 1.16 bits per heavy atom.